The zero-order valence-electron chi connectivity index (χ0n) is 9.37. The largest absolute Gasteiger partial charge is 0.497 e. The standard InChI is InChI=1S/C12H16O3/c1-9(13)4-5-10-6-11(14-2)8-12(7-10)15-3/h6-8H,4-5H2,1-3H3. The summed E-state index contributed by atoms with van der Waals surface area (Å²) in [4.78, 5) is 10.9. The van der Waals surface area contributed by atoms with Crippen LogP contribution in [-0.4, -0.2) is 20.0 Å². The Bertz CT molecular complexity index is 322. The van der Waals surface area contributed by atoms with E-state index >= 15 is 0 Å². The average molecular weight is 208 g/mol. The first kappa shape index (κ1) is 11.6. The van der Waals surface area contributed by atoms with Gasteiger partial charge in [-0.05, 0) is 31.0 Å². The van der Waals surface area contributed by atoms with E-state index in [9.17, 15) is 4.79 Å². The second-order valence-electron chi connectivity index (χ2n) is 3.42. The molecule has 0 saturated heterocycles. The molecule has 0 amide bonds. The molecule has 0 aliphatic carbocycles. The summed E-state index contributed by atoms with van der Waals surface area (Å²) in [6.07, 6.45) is 1.28. The second kappa shape index (κ2) is 5.39. The molecular weight excluding hydrogens is 192 g/mol. The topological polar surface area (TPSA) is 35.5 Å². The lowest BCUT2D eigenvalue weighted by Crippen LogP contribution is -1.96. The molecule has 0 fully saturated rings. The molecule has 0 atom stereocenters. The van der Waals surface area contributed by atoms with Crippen molar-refractivity contribution in [3.05, 3.63) is 23.8 Å². The molecular formula is C12H16O3. The van der Waals surface area contributed by atoms with Crippen molar-refractivity contribution in [1.29, 1.82) is 0 Å². The fourth-order valence-electron chi connectivity index (χ4n) is 1.33. The van der Waals surface area contributed by atoms with Crippen LogP contribution in [0.25, 0.3) is 0 Å². The van der Waals surface area contributed by atoms with Crippen molar-refractivity contribution in [3.8, 4) is 11.5 Å². The molecule has 3 nitrogen and oxygen atoms in total. The number of aryl methyl sites for hydroxylation is 1. The van der Waals surface area contributed by atoms with E-state index in [0.717, 1.165) is 23.5 Å². The molecule has 0 spiro atoms. The fraction of sp³-hybridized carbons (Fsp3) is 0.417. The Morgan fingerprint density at radius 3 is 2.07 bits per heavy atom. The van der Waals surface area contributed by atoms with E-state index < -0.39 is 0 Å². The second-order valence-corrected chi connectivity index (χ2v) is 3.42. The lowest BCUT2D eigenvalue weighted by Gasteiger charge is -2.07. The van der Waals surface area contributed by atoms with Gasteiger partial charge >= 0.3 is 0 Å². The highest BCUT2D eigenvalue weighted by atomic mass is 16.5. The van der Waals surface area contributed by atoms with E-state index in [1.807, 2.05) is 18.2 Å². The molecule has 0 saturated carbocycles. The minimum Gasteiger partial charge on any atom is -0.497 e. The van der Waals surface area contributed by atoms with Crippen molar-refractivity contribution < 1.29 is 14.3 Å². The van der Waals surface area contributed by atoms with Crippen LogP contribution in [0, 0.1) is 0 Å². The van der Waals surface area contributed by atoms with Gasteiger partial charge in [-0.15, -0.1) is 0 Å². The average Bonchev–Trinajstić information content (AvgIpc) is 2.25. The molecule has 82 valence electrons. The molecule has 0 radical (unpaired) electrons. The third kappa shape index (κ3) is 3.62. The molecule has 0 aliphatic heterocycles. The van der Waals surface area contributed by atoms with Crippen molar-refractivity contribution >= 4 is 5.78 Å². The number of ketones is 1. The van der Waals surface area contributed by atoms with Crippen molar-refractivity contribution in [3.63, 3.8) is 0 Å². The Kier molecular flexibility index (Phi) is 4.16. The molecule has 0 heterocycles. The van der Waals surface area contributed by atoms with Gasteiger partial charge < -0.3 is 14.3 Å². The van der Waals surface area contributed by atoms with Gasteiger partial charge in [-0.2, -0.15) is 0 Å². The van der Waals surface area contributed by atoms with Gasteiger partial charge in [0.15, 0.2) is 0 Å². The molecule has 1 rings (SSSR count). The summed E-state index contributed by atoms with van der Waals surface area (Å²) in [7, 11) is 3.23. The maximum Gasteiger partial charge on any atom is 0.130 e. The predicted octanol–water partition coefficient (Wildman–Crippen LogP) is 2.23. The highest BCUT2D eigenvalue weighted by molar-refractivity contribution is 5.75. The van der Waals surface area contributed by atoms with Crippen LogP contribution >= 0.6 is 0 Å². The first-order valence-electron chi connectivity index (χ1n) is 4.87. The number of hydrogen-bond acceptors (Lipinski definition) is 3. The van der Waals surface area contributed by atoms with Crippen LogP contribution in [0.1, 0.15) is 18.9 Å². The van der Waals surface area contributed by atoms with Crippen molar-refractivity contribution in [2.45, 2.75) is 19.8 Å². The molecule has 1 aromatic rings. The summed E-state index contributed by atoms with van der Waals surface area (Å²) in [6, 6.07) is 5.66. The third-order valence-corrected chi connectivity index (χ3v) is 2.18. The van der Waals surface area contributed by atoms with E-state index in [4.69, 9.17) is 9.47 Å². The van der Waals surface area contributed by atoms with Gasteiger partial charge in [-0.25, -0.2) is 0 Å². The number of Topliss-reactive ketones (excluding diaryl/α,β-unsaturated/α-hetero) is 1. The van der Waals surface area contributed by atoms with Crippen LogP contribution in [-0.2, 0) is 11.2 Å². The van der Waals surface area contributed by atoms with E-state index in [-0.39, 0.29) is 5.78 Å². The van der Waals surface area contributed by atoms with Gasteiger partial charge in [0, 0.05) is 12.5 Å². The normalized spacial score (nSPS) is 9.80. The number of rotatable bonds is 5. The monoisotopic (exact) mass is 208 g/mol. The number of hydrogen-bond donors (Lipinski definition) is 0. The van der Waals surface area contributed by atoms with Gasteiger partial charge in [0.05, 0.1) is 14.2 Å². The van der Waals surface area contributed by atoms with E-state index in [0.29, 0.717) is 6.42 Å². The number of methoxy groups -OCH3 is 2. The Balaban J connectivity index is 2.81. The fourth-order valence-corrected chi connectivity index (χ4v) is 1.33. The Labute approximate surface area is 90.0 Å². The molecule has 0 unspecified atom stereocenters. The molecule has 0 N–H and O–H groups in total. The van der Waals surface area contributed by atoms with Crippen LogP contribution in [0.2, 0.25) is 0 Å². The molecule has 0 aromatic heterocycles. The first-order valence-corrected chi connectivity index (χ1v) is 4.87. The summed E-state index contributed by atoms with van der Waals surface area (Å²) in [6.45, 7) is 1.59. The van der Waals surface area contributed by atoms with E-state index in [1.54, 1.807) is 21.1 Å². The minimum atomic E-state index is 0.191. The molecule has 15 heavy (non-hydrogen) atoms. The van der Waals surface area contributed by atoms with E-state index in [2.05, 4.69) is 0 Å². The Morgan fingerprint density at radius 1 is 1.13 bits per heavy atom. The van der Waals surface area contributed by atoms with Crippen LogP contribution in [0.4, 0.5) is 0 Å². The number of benzene rings is 1. The lowest BCUT2D eigenvalue weighted by molar-refractivity contribution is -0.116. The minimum absolute atomic E-state index is 0.191. The highest BCUT2D eigenvalue weighted by Crippen LogP contribution is 2.23. The van der Waals surface area contributed by atoms with Gasteiger partial charge in [-0.3, -0.25) is 0 Å². The van der Waals surface area contributed by atoms with Gasteiger partial charge in [0.25, 0.3) is 0 Å². The predicted molar refractivity (Wildman–Crippen MR) is 58.5 cm³/mol. The maximum atomic E-state index is 10.9. The number of ether oxygens (including phenoxy) is 2. The summed E-state index contributed by atoms with van der Waals surface area (Å²) < 4.78 is 10.3. The van der Waals surface area contributed by atoms with Crippen LogP contribution in [0.15, 0.2) is 18.2 Å². The summed E-state index contributed by atoms with van der Waals surface area (Å²) in [5.41, 5.74) is 1.06. The maximum absolute atomic E-state index is 10.9. The van der Waals surface area contributed by atoms with Gasteiger partial charge in [0.2, 0.25) is 0 Å². The highest BCUT2D eigenvalue weighted by Gasteiger charge is 2.02. The van der Waals surface area contributed by atoms with Crippen molar-refractivity contribution in [2.75, 3.05) is 14.2 Å². The smallest absolute Gasteiger partial charge is 0.130 e. The Hall–Kier alpha value is -1.51. The van der Waals surface area contributed by atoms with Crippen LogP contribution in [0.5, 0.6) is 11.5 Å². The first-order chi connectivity index (χ1) is 7.15. The third-order valence-electron chi connectivity index (χ3n) is 2.18. The zero-order chi connectivity index (χ0) is 11.3. The Morgan fingerprint density at radius 2 is 1.67 bits per heavy atom. The number of carbonyl (C=O) groups excluding carboxylic acids is 1. The van der Waals surface area contributed by atoms with Crippen LogP contribution < -0.4 is 9.47 Å². The zero-order valence-corrected chi connectivity index (χ0v) is 9.37. The summed E-state index contributed by atoms with van der Waals surface area (Å²) >= 11 is 0. The summed E-state index contributed by atoms with van der Waals surface area (Å²) in [5.74, 6) is 1.71. The van der Waals surface area contributed by atoms with Crippen molar-refractivity contribution in [1.82, 2.24) is 0 Å². The van der Waals surface area contributed by atoms with Gasteiger partial charge in [0.1, 0.15) is 17.3 Å². The van der Waals surface area contributed by atoms with Crippen molar-refractivity contribution in [2.24, 2.45) is 0 Å². The molecule has 0 aliphatic rings. The lowest BCUT2D eigenvalue weighted by atomic mass is 10.1. The SMILES string of the molecule is COc1cc(CCC(C)=O)cc(OC)c1. The number of carbonyl (C=O) groups is 1. The molecule has 1 aromatic carbocycles. The quantitative estimate of drug-likeness (QED) is 0.744. The molecule has 0 bridgehead atoms. The van der Waals surface area contributed by atoms with Crippen LogP contribution in [0.3, 0.4) is 0 Å². The van der Waals surface area contributed by atoms with E-state index in [1.165, 1.54) is 0 Å². The summed E-state index contributed by atoms with van der Waals surface area (Å²) in [5, 5.41) is 0. The molecule has 3 heteroatoms. The van der Waals surface area contributed by atoms with Gasteiger partial charge in [-0.1, -0.05) is 0 Å².